The molecule has 9 rings (SSSR count). The minimum absolute atomic E-state index is 0.0714. The number of halogens is 3. The van der Waals surface area contributed by atoms with Crippen molar-refractivity contribution in [3.05, 3.63) is 113 Å². The molecule has 72 heavy (non-hydrogen) atoms. The van der Waals surface area contributed by atoms with E-state index in [4.69, 9.17) is 9.72 Å². The van der Waals surface area contributed by atoms with Crippen LogP contribution in [0.3, 0.4) is 0 Å². The number of urea groups is 1. The number of nitrogens with one attached hydrogen (secondary N) is 3. The molecule has 1 aromatic carbocycles. The van der Waals surface area contributed by atoms with E-state index in [1.807, 2.05) is 34.6 Å². The standard InChI is InChI=1S/C48H49F3N14O7/c1-47(2)41(68)32-10-11-33(60-42(32)65(47)23-29-5-3-12-54-34(29)17-52)30-18-57-45(58-19-30)62-15-16-64-31(24-62)25-63(46(64)71)14-4-13-55-43(69)27-6-8-28(9-7-27)44(70)56-20-36-40(67)39(66)35(26-72-36)59-38-22-53-21-37(61-38)48(49,50)51/h3,5-12,18-19,21-22,31,35-36,39-40,66-67H,4,13-16,20,23-26H2,1-2H3,(H,55,69)(H,56,70)(H,59,61)/t31-,35-,36+,39+,40-/m0/s1. The van der Waals surface area contributed by atoms with E-state index < -0.39 is 47.7 Å². The summed E-state index contributed by atoms with van der Waals surface area (Å²) in [6, 6.07) is 13.9. The summed E-state index contributed by atoms with van der Waals surface area (Å²) >= 11 is 0. The summed E-state index contributed by atoms with van der Waals surface area (Å²) in [6.07, 6.45) is -1.69. The fourth-order valence-electron chi connectivity index (χ4n) is 9.18. The van der Waals surface area contributed by atoms with Crippen LogP contribution in [0.2, 0.25) is 0 Å². The molecular weight excluding hydrogens is 942 g/mol. The van der Waals surface area contributed by atoms with E-state index in [0.717, 1.165) is 6.20 Å². The first-order valence-electron chi connectivity index (χ1n) is 23.1. The number of aromatic nitrogens is 6. The number of benzene rings is 1. The van der Waals surface area contributed by atoms with Crippen molar-refractivity contribution in [1.29, 1.82) is 5.26 Å². The Morgan fingerprint density at radius 1 is 0.917 bits per heavy atom. The summed E-state index contributed by atoms with van der Waals surface area (Å²) in [7, 11) is 0. The van der Waals surface area contributed by atoms with Crippen molar-refractivity contribution >= 4 is 41.2 Å². The van der Waals surface area contributed by atoms with E-state index in [1.165, 1.54) is 24.3 Å². The monoisotopic (exact) mass is 990 g/mol. The number of nitrogens with zero attached hydrogens (tertiary/aromatic N) is 11. The molecule has 5 atom stereocenters. The number of carbonyl (C=O) groups excluding carboxylic acids is 4. The first-order valence-corrected chi connectivity index (χ1v) is 23.1. The molecular formula is C48H49F3N14O7. The first-order chi connectivity index (χ1) is 34.5. The number of carbonyl (C=O) groups is 4. The number of pyridine rings is 2. The van der Waals surface area contributed by atoms with Gasteiger partial charge in [-0.15, -0.1) is 0 Å². The second-order valence-corrected chi connectivity index (χ2v) is 18.2. The van der Waals surface area contributed by atoms with Crippen molar-refractivity contribution in [3.63, 3.8) is 0 Å². The molecule has 24 heteroatoms. The lowest BCUT2D eigenvalue weighted by Crippen LogP contribution is -2.58. The van der Waals surface area contributed by atoms with Gasteiger partial charge in [0.2, 0.25) is 5.95 Å². The van der Waals surface area contributed by atoms with Gasteiger partial charge in [-0.05, 0) is 62.7 Å². The average molecular weight is 991 g/mol. The molecule has 3 saturated heterocycles. The largest absolute Gasteiger partial charge is 0.434 e. The quantitative estimate of drug-likeness (QED) is 0.100. The molecule has 0 bridgehead atoms. The number of nitriles is 1. The second kappa shape index (κ2) is 20.1. The van der Waals surface area contributed by atoms with E-state index in [9.17, 15) is 47.8 Å². The minimum atomic E-state index is -4.72. The van der Waals surface area contributed by atoms with Gasteiger partial charge in [0.1, 0.15) is 41.7 Å². The first kappa shape index (κ1) is 49.1. The van der Waals surface area contributed by atoms with Crippen LogP contribution in [-0.2, 0) is 17.5 Å². The van der Waals surface area contributed by atoms with Gasteiger partial charge in [0.15, 0.2) is 11.5 Å². The van der Waals surface area contributed by atoms with Crippen LogP contribution in [0.5, 0.6) is 0 Å². The molecule has 4 aliphatic rings. The minimum Gasteiger partial charge on any atom is -0.388 e. The molecule has 5 aromatic rings. The van der Waals surface area contributed by atoms with Crippen LogP contribution >= 0.6 is 0 Å². The molecule has 0 radical (unpaired) electrons. The van der Waals surface area contributed by atoms with Crippen LogP contribution < -0.4 is 25.8 Å². The Hall–Kier alpha value is -7.88. The summed E-state index contributed by atoms with van der Waals surface area (Å²) in [4.78, 5) is 85.6. The molecule has 0 saturated carbocycles. The number of hydrogen-bond acceptors (Lipinski definition) is 17. The number of fused-ring (bicyclic) bond motifs is 2. The SMILES string of the molecule is CC1(C)C(=O)c2ccc(-c3cnc(N4CCN5C(=O)N(CCCNC(=O)c6ccc(C(=O)NC[C@H]7OC[C@H](Nc8cncc(C(F)(F)F)n8)[C@@H](O)[C@H]7O)cc6)C[C@@H]5C4)nc3)nc2N1Cc1cccnc1C#N. The third-order valence-electron chi connectivity index (χ3n) is 13.2. The maximum Gasteiger partial charge on any atom is 0.434 e. The van der Waals surface area contributed by atoms with Crippen molar-refractivity contribution in [3.8, 4) is 17.3 Å². The number of amides is 4. The summed E-state index contributed by atoms with van der Waals surface area (Å²) in [5, 5.41) is 39.0. The topological polar surface area (TPSA) is 268 Å². The van der Waals surface area contributed by atoms with Gasteiger partial charge in [0, 0.05) is 93.2 Å². The van der Waals surface area contributed by atoms with Gasteiger partial charge in [-0.3, -0.25) is 19.4 Å². The van der Waals surface area contributed by atoms with Crippen LogP contribution in [0.1, 0.15) is 68.3 Å². The Morgan fingerprint density at radius 3 is 2.38 bits per heavy atom. The molecule has 0 aliphatic carbocycles. The van der Waals surface area contributed by atoms with Gasteiger partial charge < -0.3 is 50.5 Å². The molecule has 4 amide bonds. The Kier molecular flexibility index (Phi) is 13.7. The number of Topliss-reactive ketones (excluding diaryl/α,β-unsaturated/α-hetero) is 1. The maximum absolute atomic E-state index is 13.5. The normalized spacial score (nSPS) is 21.5. The van der Waals surface area contributed by atoms with Crippen molar-refractivity contribution in [2.24, 2.45) is 0 Å². The van der Waals surface area contributed by atoms with Gasteiger partial charge in [0.25, 0.3) is 11.8 Å². The van der Waals surface area contributed by atoms with Gasteiger partial charge in [-0.25, -0.2) is 29.7 Å². The highest BCUT2D eigenvalue weighted by Crippen LogP contribution is 2.40. The van der Waals surface area contributed by atoms with E-state index >= 15 is 0 Å². The molecule has 4 aromatic heterocycles. The Bertz CT molecular complexity index is 2900. The van der Waals surface area contributed by atoms with E-state index in [2.05, 4.69) is 46.9 Å². The summed E-state index contributed by atoms with van der Waals surface area (Å²) in [5.74, 6) is -0.229. The maximum atomic E-state index is 13.5. The molecule has 374 valence electrons. The highest BCUT2D eigenvalue weighted by molar-refractivity contribution is 6.13. The molecule has 3 fully saturated rings. The van der Waals surface area contributed by atoms with E-state index in [1.54, 1.807) is 41.7 Å². The van der Waals surface area contributed by atoms with Crippen LogP contribution in [0, 0.1) is 11.3 Å². The summed E-state index contributed by atoms with van der Waals surface area (Å²) in [5.41, 5.74) is 1.09. The fourth-order valence-corrected chi connectivity index (χ4v) is 9.18. The Balaban J connectivity index is 0.710. The predicted molar refractivity (Wildman–Crippen MR) is 250 cm³/mol. The Morgan fingerprint density at radius 2 is 1.65 bits per heavy atom. The number of hydrogen-bond donors (Lipinski definition) is 5. The van der Waals surface area contributed by atoms with Gasteiger partial charge in [-0.1, -0.05) is 6.07 Å². The highest BCUT2D eigenvalue weighted by Gasteiger charge is 2.46. The lowest BCUT2D eigenvalue weighted by molar-refractivity contribution is -0.141. The molecule has 21 nitrogen and oxygen atoms in total. The smallest absolute Gasteiger partial charge is 0.388 e. The number of ether oxygens (including phenoxy) is 1. The summed E-state index contributed by atoms with van der Waals surface area (Å²) < 4.78 is 44.7. The third-order valence-corrected chi connectivity index (χ3v) is 13.2. The number of aliphatic hydroxyl groups is 2. The molecule has 5 N–H and O–H groups in total. The number of anilines is 3. The number of piperazine rings is 1. The van der Waals surface area contributed by atoms with Crippen molar-refractivity contribution in [2.45, 2.75) is 68.9 Å². The lowest BCUT2D eigenvalue weighted by Gasteiger charge is -2.38. The summed E-state index contributed by atoms with van der Waals surface area (Å²) in [6.45, 7) is 6.27. The van der Waals surface area contributed by atoms with Gasteiger partial charge >= 0.3 is 12.2 Å². The zero-order valence-corrected chi connectivity index (χ0v) is 39.0. The number of aliphatic hydroxyl groups excluding tert-OH is 2. The fraction of sp³-hybridized carbons (Fsp3) is 0.396. The molecule has 0 spiro atoms. The predicted octanol–water partition coefficient (Wildman–Crippen LogP) is 2.67. The van der Waals surface area contributed by atoms with Crippen LogP contribution in [0.25, 0.3) is 11.3 Å². The van der Waals surface area contributed by atoms with Crippen LogP contribution in [0.15, 0.2) is 79.5 Å². The molecule has 4 aliphatic heterocycles. The van der Waals surface area contributed by atoms with Gasteiger partial charge in [-0.2, -0.15) is 18.4 Å². The van der Waals surface area contributed by atoms with Crippen molar-refractivity contribution in [1.82, 2.24) is 50.3 Å². The third kappa shape index (κ3) is 10.0. The van der Waals surface area contributed by atoms with Crippen molar-refractivity contribution in [2.75, 3.05) is 67.5 Å². The zero-order valence-electron chi connectivity index (χ0n) is 39.0. The number of rotatable bonds is 14. The number of ketones is 1. The Labute approximate surface area is 410 Å². The van der Waals surface area contributed by atoms with E-state index in [-0.39, 0.29) is 60.5 Å². The lowest BCUT2D eigenvalue weighted by atomic mass is 9.97. The van der Waals surface area contributed by atoms with E-state index in [0.29, 0.717) is 91.6 Å². The molecule has 8 heterocycles. The van der Waals surface area contributed by atoms with Gasteiger partial charge in [0.05, 0.1) is 47.9 Å². The zero-order chi connectivity index (χ0) is 50.9. The highest BCUT2D eigenvalue weighted by atomic mass is 19.4. The van der Waals surface area contributed by atoms with Crippen molar-refractivity contribution < 1.29 is 47.3 Å². The average Bonchev–Trinajstić information content (AvgIpc) is 3.80. The van der Waals surface area contributed by atoms with Crippen LogP contribution in [0.4, 0.5) is 35.5 Å². The van der Waals surface area contributed by atoms with Crippen LogP contribution in [-0.4, -0.2) is 162 Å². The second-order valence-electron chi connectivity index (χ2n) is 18.2. The number of alkyl halides is 3. The molecule has 0 unspecified atom stereocenters.